The Balaban J connectivity index is 2.36. The molecule has 1 unspecified atom stereocenters. The van der Waals surface area contributed by atoms with Gasteiger partial charge in [-0.2, -0.15) is 0 Å². The minimum absolute atomic E-state index is 0.128. The van der Waals surface area contributed by atoms with Gasteiger partial charge in [-0.1, -0.05) is 19.8 Å². The van der Waals surface area contributed by atoms with Crippen LogP contribution in [0.2, 0.25) is 0 Å². The van der Waals surface area contributed by atoms with Gasteiger partial charge in [-0.15, -0.1) is 0 Å². The Bertz CT molecular complexity index is 277. The maximum Gasteiger partial charge on any atom is 0.323 e. The van der Waals surface area contributed by atoms with Crippen molar-refractivity contribution in [3.63, 3.8) is 0 Å². The number of rotatable bonds is 7. The van der Waals surface area contributed by atoms with Crippen LogP contribution in [0, 0.1) is 5.92 Å². The van der Waals surface area contributed by atoms with Gasteiger partial charge < -0.3 is 15.3 Å². The predicted octanol–water partition coefficient (Wildman–Crippen LogP) is 1.68. The van der Waals surface area contributed by atoms with Crippen molar-refractivity contribution in [1.29, 1.82) is 0 Å². The average molecular weight is 242 g/mol. The molecule has 5 heteroatoms. The normalized spacial score (nSPS) is 16.4. The number of amides is 2. The van der Waals surface area contributed by atoms with Crippen molar-refractivity contribution in [2.24, 2.45) is 5.92 Å². The smallest absolute Gasteiger partial charge is 0.323 e. The zero-order valence-electron chi connectivity index (χ0n) is 10.6. The molecule has 1 saturated carbocycles. The first-order valence-corrected chi connectivity index (χ1v) is 6.30. The van der Waals surface area contributed by atoms with Crippen molar-refractivity contribution in [3.8, 4) is 0 Å². The molecule has 0 aromatic heterocycles. The molecule has 0 aromatic carbocycles. The summed E-state index contributed by atoms with van der Waals surface area (Å²) in [6.45, 7) is 4.15. The van der Waals surface area contributed by atoms with Gasteiger partial charge in [-0.05, 0) is 25.7 Å². The van der Waals surface area contributed by atoms with Gasteiger partial charge in [-0.3, -0.25) is 4.79 Å². The van der Waals surface area contributed by atoms with Crippen LogP contribution in [0.25, 0.3) is 0 Å². The van der Waals surface area contributed by atoms with Crippen LogP contribution in [0.3, 0.4) is 0 Å². The highest BCUT2D eigenvalue weighted by atomic mass is 16.4. The van der Waals surface area contributed by atoms with Crippen LogP contribution in [-0.2, 0) is 4.79 Å². The van der Waals surface area contributed by atoms with Crippen LogP contribution in [0.1, 0.15) is 39.5 Å². The van der Waals surface area contributed by atoms with E-state index in [0.29, 0.717) is 6.54 Å². The highest BCUT2D eigenvalue weighted by Crippen LogP contribution is 2.33. The summed E-state index contributed by atoms with van der Waals surface area (Å²) in [5.41, 5.74) is 0. The van der Waals surface area contributed by atoms with Gasteiger partial charge in [0.1, 0.15) is 6.54 Å². The quantitative estimate of drug-likeness (QED) is 0.713. The highest BCUT2D eigenvalue weighted by Gasteiger charge is 2.25. The first-order valence-electron chi connectivity index (χ1n) is 6.30. The number of nitrogens with one attached hydrogen (secondary N) is 1. The molecular formula is C12H22N2O3. The van der Waals surface area contributed by atoms with E-state index >= 15 is 0 Å². The molecule has 2 N–H and O–H groups in total. The number of urea groups is 1. The standard InChI is InChI=1S/C12H22N2O3/c1-3-6-14(8-11(15)16)12(17)13-9(2)7-10-4-5-10/h9-10H,3-8H2,1-2H3,(H,13,17)(H,15,16). The molecule has 98 valence electrons. The first-order chi connectivity index (χ1) is 8.02. The van der Waals surface area contributed by atoms with Crippen molar-refractivity contribution in [2.75, 3.05) is 13.1 Å². The van der Waals surface area contributed by atoms with Crippen molar-refractivity contribution in [1.82, 2.24) is 10.2 Å². The van der Waals surface area contributed by atoms with Crippen molar-refractivity contribution in [2.45, 2.75) is 45.6 Å². The monoisotopic (exact) mass is 242 g/mol. The van der Waals surface area contributed by atoms with Crippen LogP contribution >= 0.6 is 0 Å². The third-order valence-corrected chi connectivity index (χ3v) is 2.86. The van der Waals surface area contributed by atoms with Crippen LogP contribution in [0.4, 0.5) is 4.79 Å². The molecule has 1 fully saturated rings. The molecule has 0 spiro atoms. The zero-order valence-corrected chi connectivity index (χ0v) is 10.6. The second-order valence-electron chi connectivity index (χ2n) is 4.84. The number of nitrogens with zero attached hydrogens (tertiary/aromatic N) is 1. The maximum atomic E-state index is 11.8. The van der Waals surface area contributed by atoms with E-state index in [0.717, 1.165) is 18.8 Å². The molecule has 0 aromatic rings. The summed E-state index contributed by atoms with van der Waals surface area (Å²) in [7, 11) is 0. The Morgan fingerprint density at radius 3 is 2.59 bits per heavy atom. The molecule has 17 heavy (non-hydrogen) atoms. The summed E-state index contributed by atoms with van der Waals surface area (Å²) in [6, 6.07) is -0.134. The Morgan fingerprint density at radius 1 is 1.47 bits per heavy atom. The largest absolute Gasteiger partial charge is 0.480 e. The van der Waals surface area contributed by atoms with E-state index in [-0.39, 0.29) is 18.6 Å². The number of carbonyl (C=O) groups is 2. The molecule has 0 aliphatic heterocycles. The fourth-order valence-electron chi connectivity index (χ4n) is 1.90. The van der Waals surface area contributed by atoms with Crippen molar-refractivity contribution < 1.29 is 14.7 Å². The van der Waals surface area contributed by atoms with E-state index in [4.69, 9.17) is 5.11 Å². The van der Waals surface area contributed by atoms with E-state index < -0.39 is 5.97 Å². The molecule has 2 amide bonds. The molecule has 0 saturated heterocycles. The van der Waals surface area contributed by atoms with E-state index in [9.17, 15) is 9.59 Å². The molecule has 1 aliphatic carbocycles. The third kappa shape index (κ3) is 5.56. The summed E-state index contributed by atoms with van der Waals surface area (Å²) >= 11 is 0. The first kappa shape index (κ1) is 13.8. The lowest BCUT2D eigenvalue weighted by molar-refractivity contribution is -0.137. The minimum atomic E-state index is -0.969. The van der Waals surface area contributed by atoms with E-state index in [2.05, 4.69) is 5.32 Å². The Hall–Kier alpha value is -1.26. The lowest BCUT2D eigenvalue weighted by atomic mass is 10.2. The summed E-state index contributed by atoms with van der Waals surface area (Å²) in [4.78, 5) is 23.8. The lowest BCUT2D eigenvalue weighted by Gasteiger charge is -2.23. The second kappa shape index (κ2) is 6.47. The molecule has 0 radical (unpaired) electrons. The van der Waals surface area contributed by atoms with Crippen molar-refractivity contribution >= 4 is 12.0 Å². The van der Waals surface area contributed by atoms with Gasteiger partial charge >= 0.3 is 12.0 Å². The van der Waals surface area contributed by atoms with Gasteiger partial charge in [0, 0.05) is 12.6 Å². The zero-order chi connectivity index (χ0) is 12.8. The van der Waals surface area contributed by atoms with Crippen molar-refractivity contribution in [3.05, 3.63) is 0 Å². The second-order valence-corrected chi connectivity index (χ2v) is 4.84. The Kier molecular flexibility index (Phi) is 5.25. The third-order valence-electron chi connectivity index (χ3n) is 2.86. The number of carboxylic acids is 1. The molecule has 1 aliphatic rings. The fraction of sp³-hybridized carbons (Fsp3) is 0.833. The molecule has 0 heterocycles. The average Bonchev–Trinajstić information content (AvgIpc) is 3.00. The summed E-state index contributed by atoms with van der Waals surface area (Å²) in [5.74, 6) is -0.215. The molecule has 0 bridgehead atoms. The Morgan fingerprint density at radius 2 is 2.12 bits per heavy atom. The van der Waals surface area contributed by atoms with Gasteiger partial charge in [0.15, 0.2) is 0 Å². The van der Waals surface area contributed by atoms with Crippen LogP contribution < -0.4 is 5.32 Å². The van der Waals surface area contributed by atoms with Gasteiger partial charge in [0.05, 0.1) is 0 Å². The van der Waals surface area contributed by atoms with Gasteiger partial charge in [0.25, 0.3) is 0 Å². The summed E-state index contributed by atoms with van der Waals surface area (Å²) < 4.78 is 0. The van der Waals surface area contributed by atoms with E-state index in [1.54, 1.807) is 0 Å². The topological polar surface area (TPSA) is 69.6 Å². The SMILES string of the molecule is CCCN(CC(=O)O)C(=O)NC(C)CC1CC1. The van der Waals surface area contributed by atoms with Crippen LogP contribution in [0.15, 0.2) is 0 Å². The van der Waals surface area contributed by atoms with E-state index in [1.165, 1.54) is 17.7 Å². The number of carboxylic acid groups (broad SMARTS) is 1. The van der Waals surface area contributed by atoms with Gasteiger partial charge in [-0.25, -0.2) is 4.79 Å². The lowest BCUT2D eigenvalue weighted by Crippen LogP contribution is -2.46. The Labute approximate surface area is 102 Å². The van der Waals surface area contributed by atoms with Gasteiger partial charge in [0.2, 0.25) is 0 Å². The number of carbonyl (C=O) groups excluding carboxylic acids is 1. The number of hydrogen-bond acceptors (Lipinski definition) is 2. The molecular weight excluding hydrogens is 220 g/mol. The number of hydrogen-bond donors (Lipinski definition) is 2. The number of aliphatic carboxylic acids is 1. The molecule has 1 atom stereocenters. The molecule has 5 nitrogen and oxygen atoms in total. The van der Waals surface area contributed by atoms with Crippen LogP contribution in [-0.4, -0.2) is 41.1 Å². The fourth-order valence-corrected chi connectivity index (χ4v) is 1.90. The van der Waals surface area contributed by atoms with E-state index in [1.807, 2.05) is 13.8 Å². The summed E-state index contributed by atoms with van der Waals surface area (Å²) in [6.07, 6.45) is 4.28. The molecule has 1 rings (SSSR count). The maximum absolute atomic E-state index is 11.8. The predicted molar refractivity (Wildman–Crippen MR) is 64.8 cm³/mol. The summed E-state index contributed by atoms with van der Waals surface area (Å²) in [5, 5.41) is 11.6. The minimum Gasteiger partial charge on any atom is -0.480 e. The highest BCUT2D eigenvalue weighted by molar-refractivity contribution is 5.80. The van der Waals surface area contributed by atoms with Crippen LogP contribution in [0.5, 0.6) is 0 Å².